The van der Waals surface area contributed by atoms with E-state index in [1.807, 2.05) is 30.3 Å². The Kier molecular flexibility index (Phi) is 16.7. The zero-order valence-electron chi connectivity index (χ0n) is 31.1. The van der Waals surface area contributed by atoms with E-state index in [1.165, 1.54) is 32.5 Å². The fraction of sp³-hybridized carbons (Fsp3) is 0.667. The second kappa shape index (κ2) is 20.9. The molecule has 5 unspecified atom stereocenters. The number of ether oxygens (including phenoxy) is 10. The summed E-state index contributed by atoms with van der Waals surface area (Å²) in [7, 11) is 0. The van der Waals surface area contributed by atoms with E-state index in [-0.39, 0.29) is 18.3 Å². The highest BCUT2D eigenvalue weighted by Gasteiger charge is 2.57. The predicted octanol–water partition coefficient (Wildman–Crippen LogP) is 2.27. The van der Waals surface area contributed by atoms with Crippen LogP contribution in [0.3, 0.4) is 0 Å². The van der Waals surface area contributed by atoms with Crippen LogP contribution in [0.15, 0.2) is 30.3 Å². The molecule has 17 nitrogen and oxygen atoms in total. The minimum atomic E-state index is -1.59. The van der Waals surface area contributed by atoms with Gasteiger partial charge in [-0.05, 0) is 12.8 Å². The standard InChI is InChI=1S/C36H49NO16S/c1-19(38)37-28-31(53-36-33(49-23(5)42)32(48-22(4)41)30(47-21(3)40)26(51-36)17-45-20(2)39)29-27(18-46-34(52-29)25-13-9-7-10-14-25)50-35(28)44-15-11-8-12-16-54-24(6)43/h7,9-10,13-14,26-36H,8,11-12,15-18H2,1-6H3,(H,37,38)/t26?,27?,28?,29-,30-,31+,32-,33?,34?,35+,36-/m0/s1. The average molecular weight is 784 g/mol. The number of thioether (sulfide) groups is 1. The van der Waals surface area contributed by atoms with E-state index >= 15 is 0 Å². The molecule has 1 amide bonds. The van der Waals surface area contributed by atoms with Crippen molar-refractivity contribution in [2.24, 2.45) is 0 Å². The summed E-state index contributed by atoms with van der Waals surface area (Å²) >= 11 is 1.25. The lowest BCUT2D eigenvalue weighted by Gasteiger charge is -2.51. The highest BCUT2D eigenvalue weighted by molar-refractivity contribution is 8.13. The number of hydrogen-bond donors (Lipinski definition) is 1. The van der Waals surface area contributed by atoms with Crippen molar-refractivity contribution >= 4 is 46.7 Å². The van der Waals surface area contributed by atoms with Crippen molar-refractivity contribution in [1.82, 2.24) is 5.32 Å². The van der Waals surface area contributed by atoms with Crippen LogP contribution < -0.4 is 5.32 Å². The summed E-state index contributed by atoms with van der Waals surface area (Å²) in [5.41, 5.74) is 0.694. The van der Waals surface area contributed by atoms with E-state index in [0.29, 0.717) is 17.7 Å². The van der Waals surface area contributed by atoms with Crippen molar-refractivity contribution in [2.45, 2.75) is 128 Å². The zero-order chi connectivity index (χ0) is 39.4. The molecule has 0 bridgehead atoms. The number of amides is 1. The number of benzene rings is 1. The van der Waals surface area contributed by atoms with Gasteiger partial charge in [-0.2, -0.15) is 0 Å². The second-order valence-corrected chi connectivity index (χ2v) is 14.2. The molecular formula is C36H49NO16S. The Morgan fingerprint density at radius 2 is 1.41 bits per heavy atom. The first-order valence-corrected chi connectivity index (χ1v) is 18.7. The molecule has 54 heavy (non-hydrogen) atoms. The first kappa shape index (κ1) is 43.1. The summed E-state index contributed by atoms with van der Waals surface area (Å²) in [4.78, 5) is 73.1. The minimum absolute atomic E-state index is 0.0254. The molecule has 0 spiro atoms. The van der Waals surface area contributed by atoms with Gasteiger partial charge in [-0.1, -0.05) is 48.5 Å². The second-order valence-electron chi connectivity index (χ2n) is 12.9. The zero-order valence-corrected chi connectivity index (χ0v) is 31.9. The fourth-order valence-electron chi connectivity index (χ4n) is 6.29. The number of hydrogen-bond acceptors (Lipinski definition) is 17. The van der Waals surface area contributed by atoms with Gasteiger partial charge in [0.25, 0.3) is 0 Å². The Morgan fingerprint density at radius 1 is 0.741 bits per heavy atom. The largest absolute Gasteiger partial charge is 0.463 e. The Labute approximate surface area is 317 Å². The Balaban J connectivity index is 1.71. The summed E-state index contributed by atoms with van der Waals surface area (Å²) in [6.45, 7) is 7.12. The maximum absolute atomic E-state index is 12.7. The lowest BCUT2D eigenvalue weighted by molar-refractivity contribution is -0.378. The van der Waals surface area contributed by atoms with Gasteiger partial charge in [-0.25, -0.2) is 0 Å². The van der Waals surface area contributed by atoms with Crippen LogP contribution in [0.25, 0.3) is 0 Å². The quantitative estimate of drug-likeness (QED) is 0.145. The summed E-state index contributed by atoms with van der Waals surface area (Å²) < 4.78 is 59.9. The third-order valence-electron chi connectivity index (χ3n) is 8.40. The number of esters is 4. The van der Waals surface area contributed by atoms with Crippen LogP contribution in [-0.4, -0.2) is 122 Å². The van der Waals surface area contributed by atoms with Crippen LogP contribution in [0.2, 0.25) is 0 Å². The lowest BCUT2D eigenvalue weighted by atomic mass is 9.94. The molecule has 0 aliphatic carbocycles. The third-order valence-corrected chi connectivity index (χ3v) is 9.30. The van der Waals surface area contributed by atoms with Gasteiger partial charge in [0.05, 0.1) is 6.61 Å². The van der Waals surface area contributed by atoms with Gasteiger partial charge in [-0.3, -0.25) is 28.8 Å². The number of carbonyl (C=O) groups excluding carboxylic acids is 6. The first-order valence-electron chi connectivity index (χ1n) is 17.7. The SMILES string of the molecule is CC(=O)NC1[C@H](OCCCCCSC(C)=O)OC2COC(c3ccccc3)O[C@@H]2[C@@H]1O[C@@H]1OC(COC(C)=O)[C@H](OC(C)=O)[C@H](OC(C)=O)C1OC(C)=O. The van der Waals surface area contributed by atoms with Crippen LogP contribution in [0.5, 0.6) is 0 Å². The molecule has 300 valence electrons. The summed E-state index contributed by atoms with van der Waals surface area (Å²) in [5.74, 6) is -2.87. The topological polar surface area (TPSA) is 207 Å². The predicted molar refractivity (Wildman–Crippen MR) is 186 cm³/mol. The van der Waals surface area contributed by atoms with E-state index in [2.05, 4.69) is 5.32 Å². The number of nitrogens with one attached hydrogen (secondary N) is 1. The molecule has 1 aromatic carbocycles. The maximum Gasteiger partial charge on any atom is 0.303 e. The van der Waals surface area contributed by atoms with Gasteiger partial charge < -0.3 is 52.7 Å². The van der Waals surface area contributed by atoms with Crippen molar-refractivity contribution in [3.63, 3.8) is 0 Å². The van der Waals surface area contributed by atoms with Crippen molar-refractivity contribution in [1.29, 1.82) is 0 Å². The van der Waals surface area contributed by atoms with Crippen LogP contribution in [0.1, 0.15) is 72.7 Å². The van der Waals surface area contributed by atoms with E-state index in [4.69, 9.17) is 47.4 Å². The van der Waals surface area contributed by atoms with Gasteiger partial charge in [0.15, 0.2) is 42.3 Å². The monoisotopic (exact) mass is 783 g/mol. The van der Waals surface area contributed by atoms with E-state index in [9.17, 15) is 28.8 Å². The molecule has 18 heteroatoms. The van der Waals surface area contributed by atoms with Gasteiger partial charge in [0.2, 0.25) is 5.91 Å². The Morgan fingerprint density at radius 3 is 2.04 bits per heavy atom. The Bertz CT molecular complexity index is 1450. The molecule has 3 fully saturated rings. The van der Waals surface area contributed by atoms with Crippen molar-refractivity contribution in [2.75, 3.05) is 25.6 Å². The highest BCUT2D eigenvalue weighted by atomic mass is 32.2. The van der Waals surface area contributed by atoms with E-state index in [0.717, 1.165) is 33.6 Å². The van der Waals surface area contributed by atoms with E-state index in [1.54, 1.807) is 0 Å². The van der Waals surface area contributed by atoms with Gasteiger partial charge in [0, 0.05) is 59.5 Å². The third kappa shape index (κ3) is 12.7. The molecule has 0 aromatic heterocycles. The first-order chi connectivity index (χ1) is 25.7. The van der Waals surface area contributed by atoms with Crippen LogP contribution in [0, 0.1) is 0 Å². The molecule has 1 N–H and O–H groups in total. The van der Waals surface area contributed by atoms with Crippen molar-refractivity contribution in [3.05, 3.63) is 35.9 Å². The summed E-state index contributed by atoms with van der Waals surface area (Å²) in [6, 6.07) is 8.05. The molecule has 11 atom stereocenters. The molecule has 4 rings (SSSR count). The molecule has 3 aliphatic rings. The van der Waals surface area contributed by atoms with Gasteiger partial charge in [0.1, 0.15) is 37.1 Å². The highest BCUT2D eigenvalue weighted by Crippen LogP contribution is 2.38. The average Bonchev–Trinajstić information content (AvgIpc) is 3.10. The number of carbonyl (C=O) groups is 6. The Hall–Kier alpha value is -3.65. The normalized spacial score (nSPS) is 30.6. The van der Waals surface area contributed by atoms with Crippen LogP contribution in [-0.2, 0) is 76.1 Å². The number of unbranched alkanes of at least 4 members (excludes halogenated alkanes) is 2. The summed E-state index contributed by atoms with van der Waals surface area (Å²) in [6.07, 6.45) is -10.1. The van der Waals surface area contributed by atoms with Crippen molar-refractivity contribution < 1.29 is 76.1 Å². The van der Waals surface area contributed by atoms with Crippen LogP contribution >= 0.6 is 11.8 Å². The number of fused-ring (bicyclic) bond motifs is 1. The molecule has 1 aromatic rings. The molecule has 3 saturated heterocycles. The van der Waals surface area contributed by atoms with E-state index < -0.39 is 104 Å². The lowest BCUT2D eigenvalue weighted by Crippen LogP contribution is -2.70. The molecular weight excluding hydrogens is 734 g/mol. The van der Waals surface area contributed by atoms with Gasteiger partial charge in [-0.15, -0.1) is 0 Å². The molecule has 3 aliphatic heterocycles. The minimum Gasteiger partial charge on any atom is -0.463 e. The number of rotatable bonds is 16. The van der Waals surface area contributed by atoms with Gasteiger partial charge >= 0.3 is 23.9 Å². The maximum atomic E-state index is 12.7. The molecule has 0 saturated carbocycles. The summed E-state index contributed by atoms with van der Waals surface area (Å²) in [5, 5.41) is 2.90. The van der Waals surface area contributed by atoms with Crippen LogP contribution in [0.4, 0.5) is 0 Å². The molecule has 3 heterocycles. The smallest absolute Gasteiger partial charge is 0.303 e. The molecule has 0 radical (unpaired) electrons. The van der Waals surface area contributed by atoms with Crippen molar-refractivity contribution in [3.8, 4) is 0 Å². The fourth-order valence-corrected chi connectivity index (χ4v) is 6.93.